The summed E-state index contributed by atoms with van der Waals surface area (Å²) in [5.41, 5.74) is 3.73. The van der Waals surface area contributed by atoms with Crippen molar-refractivity contribution in [1.82, 2.24) is 19.5 Å². The number of carboxylic acid groups (broad SMARTS) is 1. The van der Waals surface area contributed by atoms with E-state index in [1.165, 1.54) is 6.20 Å². The first-order valence-corrected chi connectivity index (χ1v) is 11.1. The van der Waals surface area contributed by atoms with Crippen LogP contribution < -0.4 is 5.32 Å². The first-order valence-electron chi connectivity index (χ1n) is 11.1. The number of nitrogens with one attached hydrogen (secondary N) is 1. The van der Waals surface area contributed by atoms with Crippen LogP contribution in [0.1, 0.15) is 24.2 Å². The van der Waals surface area contributed by atoms with E-state index in [4.69, 9.17) is 14.4 Å². The van der Waals surface area contributed by atoms with E-state index in [1.54, 1.807) is 42.0 Å². The Morgan fingerprint density at radius 2 is 1.86 bits per heavy atom. The number of ether oxygens (including phenoxy) is 1. The molecule has 10 nitrogen and oxygen atoms in total. The van der Waals surface area contributed by atoms with E-state index in [0.29, 0.717) is 28.3 Å². The van der Waals surface area contributed by atoms with Crippen molar-refractivity contribution >= 4 is 23.4 Å². The molecule has 1 amide bonds. The second-order valence-corrected chi connectivity index (χ2v) is 8.04. The number of hydrogen-bond acceptors (Lipinski definition) is 7. The highest BCUT2D eigenvalue weighted by atomic mass is 16.6. The Labute approximate surface area is 205 Å². The molecule has 0 saturated heterocycles. The number of hydrogen-bond donors (Lipinski definition) is 2. The molecular formula is C26H21N5O5. The minimum absolute atomic E-state index is 0.0546. The third-order valence-electron chi connectivity index (χ3n) is 5.60. The Hall–Kier alpha value is -4.99. The third kappa shape index (κ3) is 4.64. The van der Waals surface area contributed by atoms with Gasteiger partial charge in [0.15, 0.2) is 11.4 Å². The lowest BCUT2D eigenvalue weighted by Gasteiger charge is -2.14. The van der Waals surface area contributed by atoms with E-state index >= 15 is 0 Å². The normalized spacial score (nSPS) is 11.8. The molecule has 1 atom stereocenters. The van der Waals surface area contributed by atoms with Crippen molar-refractivity contribution in [3.63, 3.8) is 0 Å². The molecule has 0 aliphatic heterocycles. The molecule has 2 N–H and O–H groups in total. The van der Waals surface area contributed by atoms with Gasteiger partial charge >= 0.3 is 12.1 Å². The van der Waals surface area contributed by atoms with Crippen molar-refractivity contribution in [3.8, 4) is 22.7 Å². The lowest BCUT2D eigenvalue weighted by Crippen LogP contribution is -2.16. The Balaban J connectivity index is 1.40. The molecule has 0 fully saturated rings. The molecule has 10 heteroatoms. The van der Waals surface area contributed by atoms with Crippen LogP contribution in [0.3, 0.4) is 0 Å². The highest BCUT2D eigenvalue weighted by Crippen LogP contribution is 2.32. The molecule has 5 aromatic rings. The van der Waals surface area contributed by atoms with Crippen molar-refractivity contribution in [3.05, 3.63) is 90.5 Å². The summed E-state index contributed by atoms with van der Waals surface area (Å²) >= 11 is 0. The predicted molar refractivity (Wildman–Crippen MR) is 130 cm³/mol. The number of benzene rings is 2. The first-order chi connectivity index (χ1) is 17.5. The number of aliphatic carboxylic acids is 1. The Kier molecular flexibility index (Phi) is 6.14. The molecule has 0 saturated carbocycles. The monoisotopic (exact) mass is 483 g/mol. The minimum Gasteiger partial charge on any atom is -0.481 e. The molecule has 2 aromatic carbocycles. The lowest BCUT2D eigenvalue weighted by atomic mass is 10.1. The molecule has 3 heterocycles. The Morgan fingerprint density at radius 3 is 2.61 bits per heavy atom. The van der Waals surface area contributed by atoms with E-state index in [-0.39, 0.29) is 12.2 Å². The van der Waals surface area contributed by atoms with Crippen molar-refractivity contribution in [2.45, 2.75) is 19.4 Å². The van der Waals surface area contributed by atoms with Crippen LogP contribution in [0.25, 0.3) is 28.4 Å². The summed E-state index contributed by atoms with van der Waals surface area (Å²) in [6, 6.07) is 16.5. The standard InChI is InChI=1S/C26H21N5O5/c1-16(18-5-3-2-4-6-18)35-26(34)30-21-15-29-36-23(21)20-14-28-24(31-12-11-27-25(20)31)19-9-7-17(8-10-19)13-22(32)33/h2-12,14-16H,13H2,1H3,(H,30,34)(H,32,33). The predicted octanol–water partition coefficient (Wildman–Crippen LogP) is 4.99. The van der Waals surface area contributed by atoms with Gasteiger partial charge in [-0.05, 0) is 18.1 Å². The van der Waals surface area contributed by atoms with E-state index in [1.807, 2.05) is 42.5 Å². The molecule has 0 aliphatic carbocycles. The minimum atomic E-state index is -0.892. The number of carboxylic acids is 1. The lowest BCUT2D eigenvalue weighted by molar-refractivity contribution is -0.136. The second kappa shape index (κ2) is 9.71. The fraction of sp³-hybridized carbons (Fsp3) is 0.115. The SMILES string of the molecule is CC(OC(=O)Nc1cnoc1-c1cnc(-c2ccc(CC(=O)O)cc2)n2ccnc12)c1ccccc1. The molecule has 36 heavy (non-hydrogen) atoms. The van der Waals surface area contributed by atoms with Crippen molar-refractivity contribution in [1.29, 1.82) is 0 Å². The number of rotatable bonds is 7. The maximum atomic E-state index is 12.5. The van der Waals surface area contributed by atoms with Crippen molar-refractivity contribution < 1.29 is 24.0 Å². The highest BCUT2D eigenvalue weighted by Gasteiger charge is 2.21. The van der Waals surface area contributed by atoms with Gasteiger partial charge in [0, 0.05) is 24.2 Å². The van der Waals surface area contributed by atoms with Crippen LogP contribution in [0.2, 0.25) is 0 Å². The summed E-state index contributed by atoms with van der Waals surface area (Å²) in [7, 11) is 0. The van der Waals surface area contributed by atoms with Crippen molar-refractivity contribution in [2.24, 2.45) is 0 Å². The highest BCUT2D eigenvalue weighted by molar-refractivity contribution is 5.92. The topological polar surface area (TPSA) is 132 Å². The summed E-state index contributed by atoms with van der Waals surface area (Å²) in [6.45, 7) is 1.79. The van der Waals surface area contributed by atoms with E-state index in [9.17, 15) is 9.59 Å². The van der Waals surface area contributed by atoms with Crippen LogP contribution in [0.4, 0.5) is 10.5 Å². The van der Waals surface area contributed by atoms with Gasteiger partial charge in [0.05, 0.1) is 18.2 Å². The molecule has 0 aliphatic rings. The molecule has 0 bridgehead atoms. The zero-order valence-corrected chi connectivity index (χ0v) is 19.2. The van der Waals surface area contributed by atoms with Gasteiger partial charge in [-0.15, -0.1) is 0 Å². The first kappa shape index (κ1) is 22.8. The average molecular weight is 483 g/mol. The number of amides is 1. The van der Waals surface area contributed by atoms with Gasteiger partial charge in [0.25, 0.3) is 0 Å². The molecule has 180 valence electrons. The van der Waals surface area contributed by atoms with E-state index in [0.717, 1.165) is 11.1 Å². The Bertz CT molecular complexity index is 1530. The zero-order valence-electron chi connectivity index (χ0n) is 19.2. The van der Waals surface area contributed by atoms with Crippen molar-refractivity contribution in [2.75, 3.05) is 5.32 Å². The van der Waals surface area contributed by atoms with Crippen LogP contribution in [-0.2, 0) is 16.0 Å². The van der Waals surface area contributed by atoms with Crippen LogP contribution in [0.15, 0.2) is 83.9 Å². The van der Waals surface area contributed by atoms with Crippen LogP contribution in [-0.4, -0.2) is 36.7 Å². The fourth-order valence-electron chi connectivity index (χ4n) is 3.85. The smallest absolute Gasteiger partial charge is 0.412 e. The van der Waals surface area contributed by atoms with Gasteiger partial charge in [0.1, 0.15) is 17.6 Å². The van der Waals surface area contributed by atoms with E-state index < -0.39 is 18.2 Å². The number of aromatic nitrogens is 4. The molecule has 0 spiro atoms. The van der Waals surface area contributed by atoms with E-state index in [2.05, 4.69) is 20.4 Å². The number of fused-ring (bicyclic) bond motifs is 1. The maximum absolute atomic E-state index is 12.5. The summed E-state index contributed by atoms with van der Waals surface area (Å²) in [6.07, 6.45) is 5.21. The molecule has 1 unspecified atom stereocenters. The summed E-state index contributed by atoms with van der Waals surface area (Å²) in [4.78, 5) is 32.5. The third-order valence-corrected chi connectivity index (χ3v) is 5.60. The number of carbonyl (C=O) groups excluding carboxylic acids is 1. The quantitative estimate of drug-likeness (QED) is 0.331. The largest absolute Gasteiger partial charge is 0.481 e. The second-order valence-electron chi connectivity index (χ2n) is 8.04. The number of carbonyl (C=O) groups is 2. The number of imidazole rings is 1. The summed E-state index contributed by atoms with van der Waals surface area (Å²) in [5, 5.41) is 15.5. The maximum Gasteiger partial charge on any atom is 0.412 e. The molecule has 0 radical (unpaired) electrons. The Morgan fingerprint density at radius 1 is 1.08 bits per heavy atom. The van der Waals surface area contributed by atoms with Gasteiger partial charge in [-0.1, -0.05) is 59.8 Å². The zero-order chi connectivity index (χ0) is 25.1. The average Bonchev–Trinajstić information content (AvgIpc) is 3.54. The van der Waals surface area contributed by atoms with Gasteiger partial charge in [0.2, 0.25) is 0 Å². The fourth-order valence-corrected chi connectivity index (χ4v) is 3.85. The van der Waals surface area contributed by atoms with Crippen LogP contribution >= 0.6 is 0 Å². The van der Waals surface area contributed by atoms with Gasteiger partial charge < -0.3 is 14.4 Å². The summed E-state index contributed by atoms with van der Waals surface area (Å²) < 4.78 is 12.7. The molecule has 5 rings (SSSR count). The molecular weight excluding hydrogens is 462 g/mol. The summed E-state index contributed by atoms with van der Waals surface area (Å²) in [5.74, 6) is 0.00159. The van der Waals surface area contributed by atoms with Gasteiger partial charge in [-0.3, -0.25) is 14.5 Å². The van der Waals surface area contributed by atoms with Gasteiger partial charge in [-0.2, -0.15) is 0 Å². The number of nitrogens with zero attached hydrogens (tertiary/aromatic N) is 4. The molecule has 3 aromatic heterocycles. The van der Waals surface area contributed by atoms with Gasteiger partial charge in [-0.25, -0.2) is 14.8 Å². The van der Waals surface area contributed by atoms with Crippen LogP contribution in [0, 0.1) is 0 Å². The van der Waals surface area contributed by atoms with Crippen LogP contribution in [0.5, 0.6) is 0 Å². The number of anilines is 1.